The minimum atomic E-state index is -0.399. The molecule has 4 heterocycles. The second-order valence-corrected chi connectivity index (χ2v) is 9.02. The summed E-state index contributed by atoms with van der Waals surface area (Å²) < 4.78 is 1.02. The maximum atomic E-state index is 11.3. The molecule has 0 aliphatic carbocycles. The maximum Gasteiger partial charge on any atom is 0.258 e. The molecule has 3 aromatic rings. The first-order valence-corrected chi connectivity index (χ1v) is 11.0. The van der Waals surface area contributed by atoms with E-state index in [1.807, 2.05) is 48.5 Å². The molecule has 150 valence electrons. The topological polar surface area (TPSA) is 63.4 Å². The molecule has 2 N–H and O–H groups in total. The Morgan fingerprint density at radius 1 is 0.931 bits per heavy atom. The first kappa shape index (κ1) is 19.8. The molecule has 0 saturated carbocycles. The van der Waals surface area contributed by atoms with Crippen LogP contribution in [0.25, 0.3) is 21.2 Å². The van der Waals surface area contributed by atoms with Gasteiger partial charge < -0.3 is 10.6 Å². The summed E-state index contributed by atoms with van der Waals surface area (Å²) in [6.45, 7) is 5.73. The summed E-state index contributed by atoms with van der Waals surface area (Å²) in [5.41, 5.74) is 8.10. The molecule has 0 radical (unpaired) electrons. The number of carbonyl (C=O) groups excluding carboxylic acids is 2. The Hall–Kier alpha value is -2.50. The average Bonchev–Trinajstić information content (AvgIpc) is 3.19. The van der Waals surface area contributed by atoms with Gasteiger partial charge in [-0.25, -0.2) is 0 Å². The molecule has 3 fully saturated rings. The van der Waals surface area contributed by atoms with Crippen LogP contribution in [0.1, 0.15) is 46.2 Å². The molecule has 2 aromatic carbocycles. The van der Waals surface area contributed by atoms with Gasteiger partial charge in [0.1, 0.15) is 0 Å². The Morgan fingerprint density at radius 3 is 2.03 bits per heavy atom. The van der Waals surface area contributed by atoms with E-state index in [1.54, 1.807) is 6.92 Å². The molecule has 0 unspecified atom stereocenters. The van der Waals surface area contributed by atoms with Crippen LogP contribution >= 0.6 is 11.3 Å². The molecule has 0 spiro atoms. The van der Waals surface area contributed by atoms with E-state index in [4.69, 9.17) is 5.73 Å². The van der Waals surface area contributed by atoms with Crippen molar-refractivity contribution in [3.63, 3.8) is 0 Å². The third kappa shape index (κ3) is 4.57. The number of piperidine rings is 3. The van der Waals surface area contributed by atoms with Crippen molar-refractivity contribution < 1.29 is 9.59 Å². The lowest BCUT2D eigenvalue weighted by molar-refractivity contribution is 0.0999. The SMILES string of the molecule is C1CN2CCC1CC2.CC(=O)c1ccc(-c2ccc3cc(C(N)=O)sc3c2)cc1. The van der Waals surface area contributed by atoms with E-state index in [0.717, 1.165) is 27.1 Å². The highest BCUT2D eigenvalue weighted by Crippen LogP contribution is 2.30. The average molecular weight is 407 g/mol. The van der Waals surface area contributed by atoms with Gasteiger partial charge in [-0.3, -0.25) is 9.59 Å². The van der Waals surface area contributed by atoms with E-state index in [0.29, 0.717) is 10.4 Å². The van der Waals surface area contributed by atoms with Crippen LogP contribution in [0.4, 0.5) is 0 Å². The van der Waals surface area contributed by atoms with Gasteiger partial charge in [0.2, 0.25) is 0 Å². The molecule has 3 saturated heterocycles. The number of nitrogens with zero attached hydrogens (tertiary/aromatic N) is 1. The van der Waals surface area contributed by atoms with E-state index in [1.165, 1.54) is 50.2 Å². The van der Waals surface area contributed by atoms with E-state index in [9.17, 15) is 9.59 Å². The van der Waals surface area contributed by atoms with Crippen molar-refractivity contribution in [3.8, 4) is 11.1 Å². The highest BCUT2D eigenvalue weighted by Gasteiger charge is 2.24. The summed E-state index contributed by atoms with van der Waals surface area (Å²) in [6, 6.07) is 15.3. The van der Waals surface area contributed by atoms with E-state index >= 15 is 0 Å². The van der Waals surface area contributed by atoms with Gasteiger partial charge in [-0.05, 0) is 80.4 Å². The zero-order valence-electron chi connectivity index (χ0n) is 16.7. The minimum Gasteiger partial charge on any atom is -0.365 e. The van der Waals surface area contributed by atoms with Crippen molar-refractivity contribution >= 4 is 33.1 Å². The van der Waals surface area contributed by atoms with Gasteiger partial charge >= 0.3 is 0 Å². The summed E-state index contributed by atoms with van der Waals surface area (Å²) in [7, 11) is 0. The molecular weight excluding hydrogens is 380 g/mol. The molecule has 1 amide bonds. The first-order valence-electron chi connectivity index (χ1n) is 10.2. The molecule has 6 rings (SSSR count). The Morgan fingerprint density at radius 2 is 1.55 bits per heavy atom. The normalized spacial score (nSPS) is 20.2. The molecule has 2 bridgehead atoms. The molecule has 4 nitrogen and oxygen atoms in total. The van der Waals surface area contributed by atoms with Gasteiger partial charge in [-0.15, -0.1) is 11.3 Å². The second-order valence-electron chi connectivity index (χ2n) is 7.93. The van der Waals surface area contributed by atoms with Crippen molar-refractivity contribution in [2.24, 2.45) is 11.7 Å². The monoisotopic (exact) mass is 406 g/mol. The van der Waals surface area contributed by atoms with Crippen molar-refractivity contribution in [2.45, 2.75) is 26.2 Å². The second kappa shape index (κ2) is 8.47. The van der Waals surface area contributed by atoms with Crippen LogP contribution in [0.5, 0.6) is 0 Å². The van der Waals surface area contributed by atoms with Gasteiger partial charge in [0.15, 0.2) is 5.78 Å². The number of ketones is 1. The number of amides is 1. The van der Waals surface area contributed by atoms with E-state index in [-0.39, 0.29) is 5.78 Å². The van der Waals surface area contributed by atoms with Crippen molar-refractivity contribution in [2.75, 3.05) is 19.6 Å². The zero-order chi connectivity index (χ0) is 20.4. The quantitative estimate of drug-likeness (QED) is 0.625. The summed E-state index contributed by atoms with van der Waals surface area (Å²) in [6.07, 6.45) is 4.46. The van der Waals surface area contributed by atoms with E-state index < -0.39 is 5.91 Å². The number of fused-ring (bicyclic) bond motifs is 4. The number of benzene rings is 2. The molecule has 0 atom stereocenters. The van der Waals surface area contributed by atoms with Crippen LogP contribution < -0.4 is 5.73 Å². The molecular formula is C24H26N2O2S. The lowest BCUT2D eigenvalue weighted by atomic mass is 9.89. The van der Waals surface area contributed by atoms with Gasteiger partial charge in [-0.1, -0.05) is 36.4 Å². The number of hydrogen-bond donors (Lipinski definition) is 1. The fraction of sp³-hybridized carbons (Fsp3) is 0.333. The van der Waals surface area contributed by atoms with E-state index in [2.05, 4.69) is 4.90 Å². The predicted octanol–water partition coefficient (Wildman–Crippen LogP) is 4.97. The molecule has 3 aliphatic rings. The third-order valence-corrected chi connectivity index (χ3v) is 7.06. The summed E-state index contributed by atoms with van der Waals surface area (Å²) in [5, 5.41) is 1.01. The molecule has 29 heavy (non-hydrogen) atoms. The summed E-state index contributed by atoms with van der Waals surface area (Å²) in [5.74, 6) is 0.768. The highest BCUT2D eigenvalue weighted by molar-refractivity contribution is 7.20. The number of rotatable bonds is 3. The number of nitrogens with two attached hydrogens (primary N) is 1. The summed E-state index contributed by atoms with van der Waals surface area (Å²) in [4.78, 5) is 25.7. The third-order valence-electron chi connectivity index (χ3n) is 5.95. The highest BCUT2D eigenvalue weighted by atomic mass is 32.1. The minimum absolute atomic E-state index is 0.0568. The first-order chi connectivity index (χ1) is 14.0. The van der Waals surface area contributed by atoms with Crippen LogP contribution in [0.15, 0.2) is 48.5 Å². The van der Waals surface area contributed by atoms with Crippen molar-refractivity contribution in [1.82, 2.24) is 4.90 Å². The van der Waals surface area contributed by atoms with Crippen LogP contribution in [-0.2, 0) is 0 Å². The zero-order valence-corrected chi connectivity index (χ0v) is 17.5. The van der Waals surface area contributed by atoms with Gasteiger partial charge in [0, 0.05) is 10.3 Å². The van der Waals surface area contributed by atoms with Crippen LogP contribution in [0, 0.1) is 5.92 Å². The maximum absolute atomic E-state index is 11.3. The fourth-order valence-corrected chi connectivity index (χ4v) is 5.05. The molecule has 1 aromatic heterocycles. The molecule has 3 aliphatic heterocycles. The van der Waals surface area contributed by atoms with Crippen molar-refractivity contribution in [1.29, 1.82) is 0 Å². The summed E-state index contributed by atoms with van der Waals surface area (Å²) >= 11 is 1.39. The standard InChI is InChI=1S/C17H13NO2S.C7H13N/c1-10(19)11-2-4-12(5-3-11)13-6-7-14-9-16(17(18)20)21-15(14)8-13;1-4-8-5-2-7(1)3-6-8/h2-9H,1H3,(H2,18,20);7H,1-6H2. The number of Topliss-reactive ketones (excluding diaryl/α,β-unsaturated/α-hetero) is 1. The van der Waals surface area contributed by atoms with Crippen LogP contribution in [-0.4, -0.2) is 36.2 Å². The van der Waals surface area contributed by atoms with Gasteiger partial charge in [0.25, 0.3) is 5.91 Å². The van der Waals surface area contributed by atoms with Crippen LogP contribution in [0.3, 0.4) is 0 Å². The Bertz CT molecular complexity index is 1010. The predicted molar refractivity (Wildman–Crippen MR) is 120 cm³/mol. The Labute approximate surface area is 175 Å². The number of primary amides is 1. The lowest BCUT2D eigenvalue weighted by Gasteiger charge is -2.38. The fourth-order valence-electron chi connectivity index (χ4n) is 4.09. The lowest BCUT2D eigenvalue weighted by Crippen LogP contribution is -2.41. The number of hydrogen-bond acceptors (Lipinski definition) is 4. The van der Waals surface area contributed by atoms with Crippen molar-refractivity contribution in [3.05, 3.63) is 59.0 Å². The Balaban J connectivity index is 0.000000211. The van der Waals surface area contributed by atoms with Crippen LogP contribution in [0.2, 0.25) is 0 Å². The van der Waals surface area contributed by atoms with Gasteiger partial charge in [-0.2, -0.15) is 0 Å². The smallest absolute Gasteiger partial charge is 0.258 e. The molecule has 5 heteroatoms. The number of carbonyl (C=O) groups is 2. The number of thiophene rings is 1. The Kier molecular flexibility index (Phi) is 5.79. The van der Waals surface area contributed by atoms with Gasteiger partial charge in [0.05, 0.1) is 4.88 Å². The largest absolute Gasteiger partial charge is 0.365 e.